The minimum absolute atomic E-state index is 0.0550. The van der Waals surface area contributed by atoms with Crippen molar-refractivity contribution in [3.8, 4) is 0 Å². The molecule has 0 saturated carbocycles. The van der Waals surface area contributed by atoms with Gasteiger partial charge in [0.05, 0.1) is 6.54 Å². The molecule has 1 aromatic rings. The lowest BCUT2D eigenvalue weighted by Gasteiger charge is -2.33. The van der Waals surface area contributed by atoms with E-state index in [4.69, 9.17) is 4.42 Å². The zero-order valence-electron chi connectivity index (χ0n) is 12.4. The number of nitrogens with one attached hydrogen (secondary N) is 1. The summed E-state index contributed by atoms with van der Waals surface area (Å²) in [5, 5.41) is 12.8. The zero-order chi connectivity index (χ0) is 14.0. The van der Waals surface area contributed by atoms with Gasteiger partial charge in [-0.1, -0.05) is 18.9 Å². The fourth-order valence-corrected chi connectivity index (χ4v) is 3.44. The summed E-state index contributed by atoms with van der Waals surface area (Å²) in [6.45, 7) is 13.4. The van der Waals surface area contributed by atoms with Gasteiger partial charge in [-0.25, -0.2) is 0 Å². The first-order valence-electron chi connectivity index (χ1n) is 6.81. The Bertz CT molecular complexity index is 405. The van der Waals surface area contributed by atoms with Crippen LogP contribution in [0.2, 0.25) is 0 Å². The van der Waals surface area contributed by atoms with Crippen molar-refractivity contribution in [2.45, 2.75) is 57.2 Å². The van der Waals surface area contributed by atoms with E-state index in [9.17, 15) is 0 Å². The van der Waals surface area contributed by atoms with Gasteiger partial charge in [0.25, 0.3) is 0 Å². The summed E-state index contributed by atoms with van der Waals surface area (Å²) in [7, 11) is 0. The summed E-state index contributed by atoms with van der Waals surface area (Å²) in [6.07, 6.45) is 0. The van der Waals surface area contributed by atoms with Crippen LogP contribution in [0, 0.1) is 0 Å². The van der Waals surface area contributed by atoms with Crippen LogP contribution in [0.1, 0.15) is 40.5 Å². The van der Waals surface area contributed by atoms with Gasteiger partial charge < -0.3 is 14.6 Å². The van der Waals surface area contributed by atoms with E-state index in [2.05, 4.69) is 55.0 Å². The summed E-state index contributed by atoms with van der Waals surface area (Å²) in [5.74, 6) is 0.656. The average Bonchev–Trinajstić information content (AvgIpc) is 2.72. The highest BCUT2D eigenvalue weighted by atomic mass is 32.2. The lowest BCUT2D eigenvalue weighted by atomic mass is 10.1. The van der Waals surface area contributed by atoms with Crippen LogP contribution in [0.3, 0.4) is 0 Å². The van der Waals surface area contributed by atoms with Crippen molar-refractivity contribution in [3.63, 3.8) is 0 Å². The third-order valence-corrected chi connectivity index (χ3v) is 4.14. The quantitative estimate of drug-likeness (QED) is 0.919. The second-order valence-electron chi connectivity index (χ2n) is 6.24. The molecule has 2 unspecified atom stereocenters. The van der Waals surface area contributed by atoms with Gasteiger partial charge in [-0.05, 0) is 20.8 Å². The van der Waals surface area contributed by atoms with Crippen molar-refractivity contribution in [2.75, 3.05) is 18.0 Å². The molecule has 108 valence electrons. The molecule has 2 heterocycles. The minimum Gasteiger partial charge on any atom is -0.407 e. The van der Waals surface area contributed by atoms with Crippen LogP contribution in [-0.2, 0) is 6.54 Å². The van der Waals surface area contributed by atoms with Crippen LogP contribution in [0.15, 0.2) is 4.42 Å². The van der Waals surface area contributed by atoms with Crippen molar-refractivity contribution in [1.29, 1.82) is 0 Å². The molecule has 2 atom stereocenters. The first kappa shape index (κ1) is 14.7. The van der Waals surface area contributed by atoms with Gasteiger partial charge in [0.2, 0.25) is 5.89 Å². The normalized spacial score (nSPS) is 24.8. The number of anilines is 1. The number of hydrogen-bond acceptors (Lipinski definition) is 6. The Labute approximate surface area is 119 Å². The summed E-state index contributed by atoms with van der Waals surface area (Å²) >= 11 is 2.02. The molecule has 1 N–H and O–H groups in total. The Morgan fingerprint density at radius 3 is 2.47 bits per heavy atom. The van der Waals surface area contributed by atoms with Gasteiger partial charge in [-0.3, -0.25) is 0 Å². The Balaban J connectivity index is 1.96. The summed E-state index contributed by atoms with van der Waals surface area (Å²) in [4.78, 5) is 2.19. The third-order valence-electron chi connectivity index (χ3n) is 2.92. The molecule has 0 spiro atoms. The molecular weight excluding hydrogens is 260 g/mol. The first-order chi connectivity index (χ1) is 8.83. The van der Waals surface area contributed by atoms with Crippen LogP contribution in [0.4, 0.5) is 6.01 Å². The molecule has 5 nitrogen and oxygen atoms in total. The number of nitrogens with zero attached hydrogens (tertiary/aromatic N) is 3. The van der Waals surface area contributed by atoms with E-state index in [1.165, 1.54) is 0 Å². The van der Waals surface area contributed by atoms with Crippen molar-refractivity contribution in [1.82, 2.24) is 15.5 Å². The van der Waals surface area contributed by atoms with Crippen LogP contribution in [0.25, 0.3) is 0 Å². The molecule has 1 aromatic heterocycles. The van der Waals surface area contributed by atoms with Crippen LogP contribution >= 0.6 is 11.8 Å². The smallest absolute Gasteiger partial charge is 0.318 e. The molecule has 0 amide bonds. The monoisotopic (exact) mass is 284 g/mol. The highest BCUT2D eigenvalue weighted by molar-refractivity contribution is 8.00. The largest absolute Gasteiger partial charge is 0.407 e. The van der Waals surface area contributed by atoms with Crippen molar-refractivity contribution >= 4 is 17.8 Å². The maximum Gasteiger partial charge on any atom is 0.318 e. The van der Waals surface area contributed by atoms with Gasteiger partial charge in [0, 0.05) is 29.1 Å². The fourth-order valence-electron chi connectivity index (χ4n) is 2.12. The van der Waals surface area contributed by atoms with E-state index < -0.39 is 0 Å². The Morgan fingerprint density at radius 2 is 1.89 bits per heavy atom. The maximum atomic E-state index is 5.75. The van der Waals surface area contributed by atoms with Gasteiger partial charge in [0.1, 0.15) is 0 Å². The molecular formula is C13H24N4OS. The van der Waals surface area contributed by atoms with E-state index in [0.717, 1.165) is 13.1 Å². The Morgan fingerprint density at radius 1 is 1.26 bits per heavy atom. The zero-order valence-corrected chi connectivity index (χ0v) is 13.3. The first-order valence-corrected chi connectivity index (χ1v) is 7.75. The summed E-state index contributed by atoms with van der Waals surface area (Å²) < 4.78 is 5.75. The number of hydrogen-bond donors (Lipinski definition) is 1. The topological polar surface area (TPSA) is 54.2 Å². The van der Waals surface area contributed by atoms with Crippen LogP contribution < -0.4 is 10.2 Å². The molecule has 0 aliphatic carbocycles. The standard InChI is InChI=1S/C13H24N4OS/c1-9-7-17(8-10(2)19-9)12-16-15-11(18-12)6-14-13(3,4)5/h9-10,14H,6-8H2,1-5H3. The highest BCUT2D eigenvalue weighted by Gasteiger charge is 2.26. The van der Waals surface area contributed by atoms with E-state index >= 15 is 0 Å². The molecule has 6 heteroatoms. The lowest BCUT2D eigenvalue weighted by Crippen LogP contribution is -2.40. The predicted octanol–water partition coefficient (Wildman–Crippen LogP) is 2.29. The molecule has 1 aliphatic heterocycles. The third kappa shape index (κ3) is 4.38. The van der Waals surface area contributed by atoms with Crippen LogP contribution in [-0.4, -0.2) is 39.3 Å². The van der Waals surface area contributed by atoms with Crippen molar-refractivity contribution in [2.24, 2.45) is 0 Å². The Kier molecular flexibility index (Phi) is 4.40. The molecule has 1 fully saturated rings. The number of aromatic nitrogens is 2. The second kappa shape index (κ2) is 5.71. The molecule has 1 aliphatic rings. The second-order valence-corrected chi connectivity index (χ2v) is 8.13. The molecule has 0 radical (unpaired) electrons. The SMILES string of the molecule is CC1CN(c2nnc(CNC(C)(C)C)o2)CC(C)S1. The van der Waals surface area contributed by atoms with E-state index in [-0.39, 0.29) is 5.54 Å². The van der Waals surface area contributed by atoms with Gasteiger partial charge >= 0.3 is 6.01 Å². The summed E-state index contributed by atoms with van der Waals surface area (Å²) in [5.41, 5.74) is 0.0550. The van der Waals surface area contributed by atoms with Crippen molar-refractivity contribution in [3.05, 3.63) is 5.89 Å². The fraction of sp³-hybridized carbons (Fsp3) is 0.846. The summed E-state index contributed by atoms with van der Waals surface area (Å²) in [6, 6.07) is 0.657. The molecule has 0 aromatic carbocycles. The van der Waals surface area contributed by atoms with Gasteiger partial charge in [0.15, 0.2) is 0 Å². The number of thioether (sulfide) groups is 1. The molecule has 1 saturated heterocycles. The van der Waals surface area contributed by atoms with E-state index in [1.54, 1.807) is 0 Å². The van der Waals surface area contributed by atoms with Gasteiger partial charge in [-0.15, -0.1) is 5.10 Å². The van der Waals surface area contributed by atoms with E-state index in [1.807, 2.05) is 11.8 Å². The molecule has 19 heavy (non-hydrogen) atoms. The molecule has 2 rings (SSSR count). The van der Waals surface area contributed by atoms with Crippen LogP contribution in [0.5, 0.6) is 0 Å². The molecule has 0 bridgehead atoms. The predicted molar refractivity (Wildman–Crippen MR) is 79.6 cm³/mol. The number of rotatable bonds is 3. The highest BCUT2D eigenvalue weighted by Crippen LogP contribution is 2.27. The maximum absolute atomic E-state index is 5.75. The Hall–Kier alpha value is -0.750. The van der Waals surface area contributed by atoms with Gasteiger partial charge in [-0.2, -0.15) is 11.8 Å². The van der Waals surface area contributed by atoms with E-state index in [0.29, 0.717) is 29.0 Å². The average molecular weight is 284 g/mol. The van der Waals surface area contributed by atoms with Crippen molar-refractivity contribution < 1.29 is 4.42 Å². The minimum atomic E-state index is 0.0550. The lowest BCUT2D eigenvalue weighted by molar-refractivity contribution is 0.380.